The number of fused-ring (bicyclic) bond motifs is 1. The Hall–Kier alpha value is -3.61. The molecule has 12 heteroatoms. The first-order valence-corrected chi connectivity index (χ1v) is 12.0. The van der Waals surface area contributed by atoms with Crippen molar-refractivity contribution in [2.24, 2.45) is 7.05 Å². The normalized spacial score (nSPS) is 15.0. The highest BCUT2D eigenvalue weighted by Gasteiger charge is 2.36. The fourth-order valence-electron chi connectivity index (χ4n) is 4.20. The third-order valence-corrected chi connectivity index (χ3v) is 6.19. The molecular formula is C26H29F3N4O5. The highest BCUT2D eigenvalue weighted by Crippen LogP contribution is 2.33. The third kappa shape index (κ3) is 5.93. The smallest absolute Gasteiger partial charge is 0.394 e. The van der Waals surface area contributed by atoms with Crippen molar-refractivity contribution in [2.45, 2.75) is 39.1 Å². The molecule has 3 aromatic rings. The lowest BCUT2D eigenvalue weighted by atomic mass is 10.1. The van der Waals surface area contributed by atoms with Gasteiger partial charge in [-0.3, -0.25) is 13.9 Å². The number of nitrogens with one attached hydrogen (secondary N) is 1. The van der Waals surface area contributed by atoms with Crippen molar-refractivity contribution in [3.8, 4) is 0 Å². The number of hydrogen-bond donors (Lipinski definition) is 2. The molecule has 1 aliphatic heterocycles. The number of benzene rings is 2. The molecule has 1 atom stereocenters. The van der Waals surface area contributed by atoms with Crippen LogP contribution in [0.2, 0.25) is 0 Å². The molecular weight excluding hydrogens is 505 g/mol. The Morgan fingerprint density at radius 3 is 2.47 bits per heavy atom. The molecule has 0 spiro atoms. The van der Waals surface area contributed by atoms with Crippen molar-refractivity contribution in [1.29, 1.82) is 0 Å². The number of aliphatic hydroxyl groups is 1. The Balaban J connectivity index is 1.67. The quantitative estimate of drug-likeness (QED) is 0.386. The summed E-state index contributed by atoms with van der Waals surface area (Å²) in [5.41, 5.74) is 0.515. The van der Waals surface area contributed by atoms with Gasteiger partial charge < -0.3 is 24.8 Å². The predicted octanol–water partition coefficient (Wildman–Crippen LogP) is 2.82. The number of alkyl halides is 3. The lowest BCUT2D eigenvalue weighted by Crippen LogP contribution is -2.43. The van der Waals surface area contributed by atoms with Gasteiger partial charge in [0.15, 0.2) is 0 Å². The molecule has 2 aromatic carbocycles. The molecule has 1 aliphatic rings. The molecule has 0 bridgehead atoms. The molecule has 1 aromatic heterocycles. The highest BCUT2D eigenvalue weighted by molar-refractivity contribution is 5.71. The first-order chi connectivity index (χ1) is 18.1. The fraction of sp³-hybridized carbons (Fsp3) is 0.385. The van der Waals surface area contributed by atoms with E-state index in [2.05, 4.69) is 5.32 Å². The Morgan fingerprint density at radius 2 is 1.79 bits per heavy atom. The van der Waals surface area contributed by atoms with E-state index in [1.807, 2.05) is 31.2 Å². The van der Waals surface area contributed by atoms with E-state index in [1.54, 1.807) is 4.90 Å². The fourth-order valence-corrected chi connectivity index (χ4v) is 4.20. The van der Waals surface area contributed by atoms with Gasteiger partial charge in [0, 0.05) is 13.6 Å². The van der Waals surface area contributed by atoms with E-state index in [4.69, 9.17) is 14.6 Å². The molecule has 2 N–H and O–H groups in total. The van der Waals surface area contributed by atoms with Gasteiger partial charge in [0.1, 0.15) is 11.5 Å². The van der Waals surface area contributed by atoms with E-state index >= 15 is 0 Å². The summed E-state index contributed by atoms with van der Waals surface area (Å²) in [6.45, 7) is 1.94. The van der Waals surface area contributed by atoms with Gasteiger partial charge in [-0.05, 0) is 30.2 Å². The van der Waals surface area contributed by atoms with Crippen LogP contribution in [0.4, 0.5) is 24.7 Å². The summed E-state index contributed by atoms with van der Waals surface area (Å²) in [4.78, 5) is 28.1. The largest absolute Gasteiger partial charge is 0.416 e. The van der Waals surface area contributed by atoms with Crippen LogP contribution in [-0.2, 0) is 42.4 Å². The van der Waals surface area contributed by atoms with Crippen LogP contribution in [-0.4, -0.2) is 40.4 Å². The number of nitrogens with zero attached hydrogens (tertiary/aromatic N) is 3. The number of rotatable bonds is 10. The zero-order valence-corrected chi connectivity index (χ0v) is 21.0. The molecule has 9 nitrogen and oxygen atoms in total. The zero-order valence-electron chi connectivity index (χ0n) is 21.0. The Labute approximate surface area is 216 Å². The summed E-state index contributed by atoms with van der Waals surface area (Å²) in [5, 5.41) is 12.0. The van der Waals surface area contributed by atoms with E-state index in [-0.39, 0.29) is 51.0 Å². The van der Waals surface area contributed by atoms with Crippen molar-refractivity contribution < 1.29 is 27.8 Å². The van der Waals surface area contributed by atoms with E-state index in [9.17, 15) is 22.8 Å². The summed E-state index contributed by atoms with van der Waals surface area (Å²) in [7, 11) is 1.51. The third-order valence-electron chi connectivity index (χ3n) is 6.19. The second kappa shape index (κ2) is 11.4. The van der Waals surface area contributed by atoms with Gasteiger partial charge in [-0.2, -0.15) is 13.2 Å². The number of ether oxygens (including phenoxy) is 2. The number of anilines is 2. The van der Waals surface area contributed by atoms with Gasteiger partial charge in [0.05, 0.1) is 38.5 Å². The Morgan fingerprint density at radius 1 is 1.05 bits per heavy atom. The molecule has 0 amide bonds. The molecule has 204 valence electrons. The number of aryl methyl sites for hydroxylation is 1. The minimum atomic E-state index is -4.49. The van der Waals surface area contributed by atoms with Gasteiger partial charge in [0.25, 0.3) is 5.56 Å². The van der Waals surface area contributed by atoms with Crippen LogP contribution in [0.3, 0.4) is 0 Å². The molecule has 0 radical (unpaired) electrons. The molecule has 0 aliphatic carbocycles. The summed E-state index contributed by atoms with van der Waals surface area (Å²) in [6.07, 6.45) is -5.42. The van der Waals surface area contributed by atoms with E-state index in [1.165, 1.54) is 23.7 Å². The minimum Gasteiger partial charge on any atom is -0.394 e. The van der Waals surface area contributed by atoms with Gasteiger partial charge >= 0.3 is 11.9 Å². The number of halogens is 3. The monoisotopic (exact) mass is 534 g/mol. The summed E-state index contributed by atoms with van der Waals surface area (Å²) in [5.74, 6) is 0.244. The zero-order chi connectivity index (χ0) is 27.4. The SMILES string of the molecule is Cc1ccc(CN2c3c(n(C)c(=O)n(CCOCCO)c3=O)NC2OCc2cccc(C(F)(F)F)c2)cc1. The molecule has 38 heavy (non-hydrogen) atoms. The topological polar surface area (TPSA) is 98.0 Å². The van der Waals surface area contributed by atoms with Crippen LogP contribution in [0.15, 0.2) is 58.1 Å². The second-order valence-corrected chi connectivity index (χ2v) is 8.95. The molecule has 1 unspecified atom stereocenters. The molecule has 0 saturated carbocycles. The van der Waals surface area contributed by atoms with Crippen LogP contribution < -0.4 is 21.5 Å². The highest BCUT2D eigenvalue weighted by atomic mass is 19.4. The number of aliphatic hydroxyl groups excluding tert-OH is 1. The van der Waals surface area contributed by atoms with E-state index in [0.717, 1.165) is 27.8 Å². The summed E-state index contributed by atoms with van der Waals surface area (Å²) < 4.78 is 53.1. The van der Waals surface area contributed by atoms with Crippen LogP contribution in [0.1, 0.15) is 22.3 Å². The van der Waals surface area contributed by atoms with Crippen molar-refractivity contribution in [1.82, 2.24) is 9.13 Å². The standard InChI is InChI=1S/C26H29F3N4O5/c1-17-6-8-18(9-7-17)15-33-21-22(31(2)25(36)32(23(21)35)10-12-37-13-11-34)30-24(33)38-16-19-4-3-5-20(14-19)26(27,28)29/h3-9,14,24,30,34H,10-13,15-16H2,1-2H3. The summed E-state index contributed by atoms with van der Waals surface area (Å²) in [6, 6.07) is 12.5. The molecule has 2 heterocycles. The average molecular weight is 535 g/mol. The molecule has 0 saturated heterocycles. The summed E-state index contributed by atoms with van der Waals surface area (Å²) >= 11 is 0. The Bertz CT molecular complexity index is 1390. The predicted molar refractivity (Wildman–Crippen MR) is 135 cm³/mol. The maximum absolute atomic E-state index is 13.5. The first-order valence-electron chi connectivity index (χ1n) is 12.0. The van der Waals surface area contributed by atoms with Gasteiger partial charge in [-0.1, -0.05) is 42.0 Å². The molecule has 4 rings (SSSR count). The van der Waals surface area contributed by atoms with Gasteiger partial charge in [-0.25, -0.2) is 4.79 Å². The van der Waals surface area contributed by atoms with E-state index < -0.39 is 29.3 Å². The minimum absolute atomic E-state index is 0.0209. The Kier molecular flexibility index (Phi) is 8.24. The van der Waals surface area contributed by atoms with E-state index in [0.29, 0.717) is 5.56 Å². The van der Waals surface area contributed by atoms with Crippen LogP contribution in [0.25, 0.3) is 0 Å². The second-order valence-electron chi connectivity index (χ2n) is 8.95. The van der Waals surface area contributed by atoms with Gasteiger partial charge in [-0.15, -0.1) is 0 Å². The van der Waals surface area contributed by atoms with Crippen molar-refractivity contribution >= 4 is 11.5 Å². The van der Waals surface area contributed by atoms with Crippen LogP contribution in [0.5, 0.6) is 0 Å². The average Bonchev–Trinajstić information content (AvgIpc) is 3.25. The van der Waals surface area contributed by atoms with Crippen molar-refractivity contribution in [3.63, 3.8) is 0 Å². The maximum atomic E-state index is 13.5. The van der Waals surface area contributed by atoms with Gasteiger partial charge in [0.2, 0.25) is 6.35 Å². The van der Waals surface area contributed by atoms with Crippen molar-refractivity contribution in [3.05, 3.63) is 91.6 Å². The van der Waals surface area contributed by atoms with Crippen molar-refractivity contribution in [2.75, 3.05) is 30.0 Å². The number of hydrogen-bond acceptors (Lipinski definition) is 7. The van der Waals surface area contributed by atoms with Crippen LogP contribution >= 0.6 is 0 Å². The van der Waals surface area contributed by atoms with Crippen LogP contribution in [0, 0.1) is 6.92 Å². The lowest BCUT2D eigenvalue weighted by Gasteiger charge is -2.26. The first kappa shape index (κ1) is 27.4. The molecule has 0 fully saturated rings. The maximum Gasteiger partial charge on any atom is 0.416 e. The lowest BCUT2D eigenvalue weighted by molar-refractivity contribution is -0.137. The number of aromatic nitrogens is 2.